The van der Waals surface area contributed by atoms with Crippen molar-refractivity contribution in [3.63, 3.8) is 0 Å². The van der Waals surface area contributed by atoms with Gasteiger partial charge in [-0.25, -0.2) is 14.4 Å². The van der Waals surface area contributed by atoms with E-state index in [2.05, 4.69) is 20.4 Å². The van der Waals surface area contributed by atoms with E-state index in [1.165, 1.54) is 12.1 Å². The highest BCUT2D eigenvalue weighted by Crippen LogP contribution is 2.38. The summed E-state index contributed by atoms with van der Waals surface area (Å²) in [5.74, 6) is 0.561. The van der Waals surface area contributed by atoms with Crippen LogP contribution in [0.4, 0.5) is 4.39 Å². The number of aromatic nitrogens is 4. The number of aryl methyl sites for hydroxylation is 2. The van der Waals surface area contributed by atoms with Crippen LogP contribution in [0.3, 0.4) is 0 Å². The van der Waals surface area contributed by atoms with E-state index < -0.39 is 0 Å². The van der Waals surface area contributed by atoms with Crippen molar-refractivity contribution in [3.05, 3.63) is 59.9 Å². The predicted octanol–water partition coefficient (Wildman–Crippen LogP) is 2.30. The van der Waals surface area contributed by atoms with Crippen LogP contribution in [0.5, 0.6) is 5.75 Å². The topological polar surface area (TPSA) is 81.9 Å². The lowest BCUT2D eigenvalue weighted by atomic mass is 10.1. The van der Waals surface area contributed by atoms with E-state index in [1.54, 1.807) is 23.1 Å². The molecule has 28 heavy (non-hydrogen) atoms. The number of amides is 1. The first-order chi connectivity index (χ1) is 13.6. The molecule has 0 saturated heterocycles. The highest BCUT2D eigenvalue weighted by Gasteiger charge is 2.28. The molecule has 1 aromatic carbocycles. The second-order valence-electron chi connectivity index (χ2n) is 6.73. The monoisotopic (exact) mass is 381 g/mol. The van der Waals surface area contributed by atoms with Crippen LogP contribution in [-0.2, 0) is 17.8 Å². The average molecular weight is 381 g/mol. The van der Waals surface area contributed by atoms with Crippen LogP contribution in [0.25, 0.3) is 11.4 Å². The lowest BCUT2D eigenvalue weighted by molar-refractivity contribution is -0.121. The van der Waals surface area contributed by atoms with Gasteiger partial charge in [-0.15, -0.1) is 0 Å². The molecule has 1 aliphatic rings. The van der Waals surface area contributed by atoms with Gasteiger partial charge >= 0.3 is 0 Å². The Morgan fingerprint density at radius 3 is 2.93 bits per heavy atom. The molecular weight excluding hydrogens is 361 g/mol. The van der Waals surface area contributed by atoms with Crippen molar-refractivity contribution in [1.82, 2.24) is 25.1 Å². The molecule has 3 aromatic rings. The third-order valence-electron chi connectivity index (χ3n) is 4.54. The van der Waals surface area contributed by atoms with Gasteiger partial charge in [0.15, 0.2) is 5.82 Å². The van der Waals surface area contributed by atoms with Crippen LogP contribution in [-0.4, -0.2) is 38.3 Å². The molecule has 4 rings (SSSR count). The molecule has 7 nitrogen and oxygen atoms in total. The maximum absolute atomic E-state index is 14.0. The van der Waals surface area contributed by atoms with Crippen molar-refractivity contribution in [1.29, 1.82) is 0 Å². The molecule has 1 atom stereocenters. The summed E-state index contributed by atoms with van der Waals surface area (Å²) in [6.45, 7) is 2.78. The van der Waals surface area contributed by atoms with Gasteiger partial charge in [-0.2, -0.15) is 5.10 Å². The molecule has 8 heteroatoms. The fourth-order valence-corrected chi connectivity index (χ4v) is 3.23. The first kappa shape index (κ1) is 18.1. The quantitative estimate of drug-likeness (QED) is 0.709. The Labute approximate surface area is 161 Å². The molecule has 0 fully saturated rings. The molecule has 1 N–H and O–H groups in total. The number of ether oxygens (including phenoxy) is 1. The zero-order valence-electron chi connectivity index (χ0n) is 15.4. The number of carbonyl (C=O) groups is 1. The zero-order chi connectivity index (χ0) is 19.5. The lowest BCUT2D eigenvalue weighted by Crippen LogP contribution is -2.34. The number of benzene rings is 1. The molecule has 0 saturated carbocycles. The van der Waals surface area contributed by atoms with E-state index >= 15 is 0 Å². The molecule has 3 heterocycles. The Morgan fingerprint density at radius 2 is 2.18 bits per heavy atom. The lowest BCUT2D eigenvalue weighted by Gasteiger charge is -2.13. The molecule has 0 radical (unpaired) electrons. The van der Waals surface area contributed by atoms with Gasteiger partial charge in [0.2, 0.25) is 5.91 Å². The summed E-state index contributed by atoms with van der Waals surface area (Å²) >= 11 is 0. The number of halogens is 1. The highest BCUT2D eigenvalue weighted by molar-refractivity contribution is 5.76. The number of carbonyl (C=O) groups excluding carboxylic acids is 1. The van der Waals surface area contributed by atoms with Gasteiger partial charge in [0.1, 0.15) is 17.7 Å². The molecule has 1 unspecified atom stereocenters. The van der Waals surface area contributed by atoms with E-state index in [-0.39, 0.29) is 17.8 Å². The first-order valence-corrected chi connectivity index (χ1v) is 9.12. The van der Waals surface area contributed by atoms with E-state index in [0.717, 1.165) is 11.3 Å². The maximum atomic E-state index is 14.0. The number of nitrogens with one attached hydrogen (secondary N) is 1. The van der Waals surface area contributed by atoms with Gasteiger partial charge in [-0.3, -0.25) is 9.48 Å². The van der Waals surface area contributed by atoms with Crippen molar-refractivity contribution >= 4 is 5.91 Å². The smallest absolute Gasteiger partial charge is 0.221 e. The third kappa shape index (κ3) is 4.00. The SMILES string of the molecule is Cc1ccn(CCC(=O)NCC2Cc3cc(F)cc(-c4ncccn4)c3O2)n1. The highest BCUT2D eigenvalue weighted by atomic mass is 19.1. The van der Waals surface area contributed by atoms with Gasteiger partial charge in [-0.1, -0.05) is 0 Å². The van der Waals surface area contributed by atoms with Crippen molar-refractivity contribution in [2.75, 3.05) is 6.54 Å². The van der Waals surface area contributed by atoms with Gasteiger partial charge in [0, 0.05) is 43.5 Å². The molecule has 1 amide bonds. The van der Waals surface area contributed by atoms with Crippen LogP contribution in [0.1, 0.15) is 17.7 Å². The summed E-state index contributed by atoms with van der Waals surface area (Å²) in [4.78, 5) is 20.5. The van der Waals surface area contributed by atoms with Crippen LogP contribution < -0.4 is 10.1 Å². The molecule has 144 valence electrons. The second-order valence-corrected chi connectivity index (χ2v) is 6.73. The van der Waals surface area contributed by atoms with Crippen molar-refractivity contribution < 1.29 is 13.9 Å². The zero-order valence-corrected chi connectivity index (χ0v) is 15.4. The van der Waals surface area contributed by atoms with E-state index in [0.29, 0.717) is 43.1 Å². The number of nitrogens with zero attached hydrogens (tertiary/aromatic N) is 4. The minimum absolute atomic E-state index is 0.0782. The Kier molecular flexibility index (Phi) is 5.01. The maximum Gasteiger partial charge on any atom is 0.221 e. The van der Waals surface area contributed by atoms with E-state index in [4.69, 9.17) is 4.74 Å². The van der Waals surface area contributed by atoms with Gasteiger partial charge in [-0.05, 0) is 31.2 Å². The first-order valence-electron chi connectivity index (χ1n) is 9.12. The fourth-order valence-electron chi connectivity index (χ4n) is 3.23. The van der Waals surface area contributed by atoms with Gasteiger partial charge < -0.3 is 10.1 Å². The molecule has 1 aliphatic heterocycles. The number of fused-ring (bicyclic) bond motifs is 1. The summed E-state index contributed by atoms with van der Waals surface area (Å²) < 4.78 is 21.8. The summed E-state index contributed by atoms with van der Waals surface area (Å²) in [6.07, 6.45) is 5.65. The van der Waals surface area contributed by atoms with E-state index in [1.807, 2.05) is 19.2 Å². The van der Waals surface area contributed by atoms with E-state index in [9.17, 15) is 9.18 Å². The molecule has 0 spiro atoms. The minimum atomic E-state index is -0.357. The molecular formula is C20H20FN5O2. The summed E-state index contributed by atoms with van der Waals surface area (Å²) in [5.41, 5.74) is 2.20. The van der Waals surface area contributed by atoms with Gasteiger partial charge in [0.05, 0.1) is 17.8 Å². The van der Waals surface area contributed by atoms with Crippen LogP contribution in [0.2, 0.25) is 0 Å². The molecule has 0 aliphatic carbocycles. The standard InChI is InChI=1S/C20H20FN5O2/c1-13-3-7-26(25-13)8-4-18(27)24-12-16-10-14-9-15(21)11-17(19(14)28-16)20-22-5-2-6-23-20/h2-3,5-7,9,11,16H,4,8,10,12H2,1H3,(H,24,27). The Morgan fingerprint density at radius 1 is 1.36 bits per heavy atom. The van der Waals surface area contributed by atoms with Crippen LogP contribution in [0.15, 0.2) is 42.9 Å². The Bertz CT molecular complexity index is 990. The number of rotatable bonds is 6. The Hall–Kier alpha value is -3.29. The third-order valence-corrected chi connectivity index (χ3v) is 4.54. The van der Waals surface area contributed by atoms with Crippen LogP contribution >= 0.6 is 0 Å². The van der Waals surface area contributed by atoms with Crippen molar-refractivity contribution in [3.8, 4) is 17.1 Å². The average Bonchev–Trinajstić information content (AvgIpc) is 3.30. The van der Waals surface area contributed by atoms with Crippen molar-refractivity contribution in [2.24, 2.45) is 0 Å². The second kappa shape index (κ2) is 7.75. The largest absolute Gasteiger partial charge is 0.487 e. The Balaban J connectivity index is 1.36. The molecule has 2 aromatic heterocycles. The van der Waals surface area contributed by atoms with Crippen LogP contribution in [0, 0.1) is 12.7 Å². The summed E-state index contributed by atoms with van der Waals surface area (Å²) in [5, 5.41) is 7.14. The predicted molar refractivity (Wildman–Crippen MR) is 100 cm³/mol. The van der Waals surface area contributed by atoms with Gasteiger partial charge in [0.25, 0.3) is 0 Å². The summed E-state index contributed by atoms with van der Waals surface area (Å²) in [6, 6.07) is 6.44. The summed E-state index contributed by atoms with van der Waals surface area (Å²) in [7, 11) is 0. The molecule has 0 bridgehead atoms. The minimum Gasteiger partial charge on any atom is -0.487 e. The fraction of sp³-hybridized carbons (Fsp3) is 0.300. The number of hydrogen-bond acceptors (Lipinski definition) is 5. The normalized spacial score (nSPS) is 15.1. The number of hydrogen-bond donors (Lipinski definition) is 1. The van der Waals surface area contributed by atoms with Crippen molar-refractivity contribution in [2.45, 2.75) is 32.4 Å².